The fourth-order valence-electron chi connectivity index (χ4n) is 2.70. The average Bonchev–Trinajstić information content (AvgIpc) is 3.37. The molecule has 0 radical (unpaired) electrons. The molecule has 0 spiro atoms. The van der Waals surface area contributed by atoms with E-state index in [2.05, 4.69) is 40.7 Å². The van der Waals surface area contributed by atoms with Crippen molar-refractivity contribution in [1.29, 1.82) is 0 Å². The minimum Gasteiger partial charge on any atom is -0.378 e. The number of hydrogen-bond donors (Lipinski definition) is 2. The molecule has 0 fully saturated rings. The van der Waals surface area contributed by atoms with Gasteiger partial charge in [0.1, 0.15) is 5.69 Å². The van der Waals surface area contributed by atoms with Crippen LogP contribution in [0.4, 0.5) is 5.82 Å². The lowest BCUT2D eigenvalue weighted by atomic mass is 10.2. The topological polar surface area (TPSA) is 140 Å². The van der Waals surface area contributed by atoms with Crippen LogP contribution in [0.2, 0.25) is 0 Å². The van der Waals surface area contributed by atoms with Crippen molar-refractivity contribution in [3.63, 3.8) is 0 Å². The molecule has 0 aliphatic rings. The number of carbonyl (C=O) groups excluding carboxylic acids is 1. The van der Waals surface area contributed by atoms with Gasteiger partial charge in [0.25, 0.3) is 5.91 Å². The minimum absolute atomic E-state index is 0.000671. The van der Waals surface area contributed by atoms with Crippen LogP contribution in [0.15, 0.2) is 38.9 Å². The molecule has 0 unspecified atom stereocenters. The fourth-order valence-corrected chi connectivity index (χ4v) is 3.11. The Morgan fingerprint density at radius 1 is 1.30 bits per heavy atom. The monoisotopic (exact) mass is 429 g/mol. The molecule has 30 heavy (non-hydrogen) atoms. The summed E-state index contributed by atoms with van der Waals surface area (Å²) in [5, 5.41) is 19.5. The lowest BCUT2D eigenvalue weighted by Gasteiger charge is -2.16. The molecule has 0 aliphatic heterocycles. The average molecular weight is 430 g/mol. The first kappa shape index (κ1) is 21.5. The van der Waals surface area contributed by atoms with Gasteiger partial charge in [-0.1, -0.05) is 31.2 Å². The number of nitrogens with zero attached hydrogens (tertiary/aromatic N) is 7. The van der Waals surface area contributed by atoms with E-state index in [9.17, 15) is 4.79 Å². The number of amides is 1. The Bertz CT molecular complexity index is 1010. The fraction of sp³-hybridized carbons (Fsp3) is 0.333. The second kappa shape index (κ2) is 9.98. The maximum absolute atomic E-state index is 12.9. The molecular weight excluding hydrogens is 406 g/mol. The minimum atomic E-state index is -0.499. The molecule has 12 heteroatoms. The van der Waals surface area contributed by atoms with Gasteiger partial charge in [0.2, 0.25) is 11.6 Å². The highest BCUT2D eigenvalue weighted by molar-refractivity contribution is 7.98. The molecule has 1 amide bonds. The third-order valence-electron chi connectivity index (χ3n) is 4.41. The molecule has 3 aromatic rings. The van der Waals surface area contributed by atoms with Gasteiger partial charge < -0.3 is 5.73 Å². The third kappa shape index (κ3) is 4.83. The van der Waals surface area contributed by atoms with Gasteiger partial charge in [0, 0.05) is 11.4 Å². The van der Waals surface area contributed by atoms with Gasteiger partial charge in [0.15, 0.2) is 5.69 Å². The van der Waals surface area contributed by atoms with Crippen LogP contribution in [0.3, 0.4) is 0 Å². The van der Waals surface area contributed by atoms with E-state index in [-0.39, 0.29) is 17.3 Å². The first-order valence-electron chi connectivity index (χ1n) is 9.30. The molecule has 0 aliphatic carbocycles. The van der Waals surface area contributed by atoms with Crippen LogP contribution in [0.5, 0.6) is 0 Å². The van der Waals surface area contributed by atoms with Crippen LogP contribution in [-0.2, 0) is 6.54 Å². The number of carbonyl (C=O) groups is 1. The van der Waals surface area contributed by atoms with Crippen molar-refractivity contribution in [3.05, 3.63) is 41.2 Å². The van der Waals surface area contributed by atoms with E-state index in [1.807, 2.05) is 44.4 Å². The summed E-state index contributed by atoms with van der Waals surface area (Å²) in [4.78, 5) is 16.2. The molecule has 11 nitrogen and oxygen atoms in total. The molecule has 0 bridgehead atoms. The number of anilines is 1. The van der Waals surface area contributed by atoms with E-state index in [1.54, 1.807) is 18.0 Å². The summed E-state index contributed by atoms with van der Waals surface area (Å²) in [6.45, 7) is 6.07. The SMILES string of the molecule is CCN(CC)Cc1nnn(-c2nonc2N)c1C(=O)NN=Cc1ccc(SC)cc1. The smallest absolute Gasteiger partial charge is 0.292 e. The molecular formula is C18H23N9O2S. The molecule has 3 N–H and O–H groups in total. The zero-order chi connectivity index (χ0) is 21.5. The van der Waals surface area contributed by atoms with Gasteiger partial charge in [-0.25, -0.2) is 10.1 Å². The van der Waals surface area contributed by atoms with E-state index < -0.39 is 5.91 Å². The summed E-state index contributed by atoms with van der Waals surface area (Å²) >= 11 is 1.65. The standard InChI is InChI=1S/C18H23N9O2S/c1-4-26(5-2)11-14-15(27(25-21-14)17-16(19)23-29-24-17)18(28)22-20-10-12-6-8-13(30-3)9-7-12/h6-10H,4-5,11H2,1-3H3,(H2,19,23)(H,22,28). The normalized spacial score (nSPS) is 11.5. The van der Waals surface area contributed by atoms with Gasteiger partial charge in [-0.3, -0.25) is 9.69 Å². The highest BCUT2D eigenvalue weighted by Gasteiger charge is 2.25. The van der Waals surface area contributed by atoms with Crippen LogP contribution in [0.25, 0.3) is 5.82 Å². The number of rotatable bonds is 9. The van der Waals surface area contributed by atoms with Gasteiger partial charge in [-0.2, -0.15) is 9.78 Å². The third-order valence-corrected chi connectivity index (χ3v) is 5.16. The molecule has 2 aromatic heterocycles. The van der Waals surface area contributed by atoms with Crippen LogP contribution >= 0.6 is 11.8 Å². The molecule has 0 atom stereocenters. The van der Waals surface area contributed by atoms with Crippen LogP contribution in [0, 0.1) is 0 Å². The maximum Gasteiger partial charge on any atom is 0.292 e. The summed E-state index contributed by atoms with van der Waals surface area (Å²) in [7, 11) is 0. The van der Waals surface area contributed by atoms with Crippen LogP contribution in [-0.4, -0.2) is 61.7 Å². The molecule has 1 aromatic carbocycles. The van der Waals surface area contributed by atoms with E-state index >= 15 is 0 Å². The second-order valence-corrected chi connectivity index (χ2v) is 7.08. The van der Waals surface area contributed by atoms with E-state index in [0.717, 1.165) is 23.5 Å². The Balaban J connectivity index is 1.85. The Morgan fingerprint density at radius 2 is 2.03 bits per heavy atom. The number of nitrogens with one attached hydrogen (secondary N) is 1. The molecule has 0 saturated carbocycles. The Labute approximate surface area is 177 Å². The quantitative estimate of drug-likeness (QED) is 0.294. The summed E-state index contributed by atoms with van der Waals surface area (Å²) in [6, 6.07) is 7.80. The van der Waals surface area contributed by atoms with E-state index in [1.165, 1.54) is 4.68 Å². The lowest BCUT2D eigenvalue weighted by Crippen LogP contribution is -2.27. The Morgan fingerprint density at radius 3 is 2.63 bits per heavy atom. The first-order chi connectivity index (χ1) is 14.6. The number of hydrogen-bond acceptors (Lipinski definition) is 10. The van der Waals surface area contributed by atoms with E-state index in [4.69, 9.17) is 5.73 Å². The second-order valence-electron chi connectivity index (χ2n) is 6.20. The summed E-state index contributed by atoms with van der Waals surface area (Å²) < 4.78 is 5.85. The van der Waals surface area contributed by atoms with Gasteiger partial charge in [-0.05, 0) is 47.4 Å². The maximum atomic E-state index is 12.9. The van der Waals surface area contributed by atoms with Crippen molar-refractivity contribution in [2.75, 3.05) is 25.1 Å². The highest BCUT2D eigenvalue weighted by Crippen LogP contribution is 2.17. The van der Waals surface area contributed by atoms with E-state index in [0.29, 0.717) is 12.2 Å². The summed E-state index contributed by atoms with van der Waals surface area (Å²) in [5.41, 5.74) is 9.79. The predicted molar refractivity (Wildman–Crippen MR) is 114 cm³/mol. The highest BCUT2D eigenvalue weighted by atomic mass is 32.2. The van der Waals surface area contributed by atoms with Crippen molar-refractivity contribution in [2.45, 2.75) is 25.3 Å². The predicted octanol–water partition coefficient (Wildman–Crippen LogP) is 1.56. The van der Waals surface area contributed by atoms with Gasteiger partial charge in [-0.15, -0.1) is 16.9 Å². The van der Waals surface area contributed by atoms with Crippen molar-refractivity contribution >= 4 is 29.7 Å². The molecule has 0 saturated heterocycles. The summed E-state index contributed by atoms with van der Waals surface area (Å²) in [5.74, 6) is -0.405. The van der Waals surface area contributed by atoms with Gasteiger partial charge in [0.05, 0.1) is 6.21 Å². The molecule has 3 rings (SSSR count). The number of hydrazone groups is 1. The number of nitrogen functional groups attached to an aromatic ring is 1. The van der Waals surface area contributed by atoms with Crippen LogP contribution < -0.4 is 11.2 Å². The number of thioether (sulfide) groups is 1. The van der Waals surface area contributed by atoms with Crippen molar-refractivity contribution in [1.82, 2.24) is 35.6 Å². The summed E-state index contributed by atoms with van der Waals surface area (Å²) in [6.07, 6.45) is 3.57. The Kier molecular flexibility index (Phi) is 7.14. The zero-order valence-corrected chi connectivity index (χ0v) is 17.8. The van der Waals surface area contributed by atoms with Gasteiger partial charge >= 0.3 is 0 Å². The molecule has 2 heterocycles. The van der Waals surface area contributed by atoms with Crippen LogP contribution in [0.1, 0.15) is 35.6 Å². The van der Waals surface area contributed by atoms with Crippen molar-refractivity contribution < 1.29 is 9.42 Å². The zero-order valence-electron chi connectivity index (χ0n) is 16.9. The number of nitrogens with two attached hydrogens (primary N) is 1. The largest absolute Gasteiger partial charge is 0.378 e. The Hall–Kier alpha value is -3.25. The number of aromatic nitrogens is 5. The first-order valence-corrected chi connectivity index (χ1v) is 10.5. The van der Waals surface area contributed by atoms with Crippen molar-refractivity contribution in [2.24, 2.45) is 5.10 Å². The molecule has 158 valence electrons. The number of benzene rings is 1. The van der Waals surface area contributed by atoms with Crippen molar-refractivity contribution in [3.8, 4) is 5.82 Å². The lowest BCUT2D eigenvalue weighted by molar-refractivity contribution is 0.0945.